The van der Waals surface area contributed by atoms with E-state index in [-0.39, 0.29) is 5.04 Å². The van der Waals surface area contributed by atoms with E-state index in [0.717, 1.165) is 18.3 Å². The number of hydrogen-bond donors (Lipinski definition) is 0. The topological polar surface area (TPSA) is 26.3 Å². The lowest BCUT2D eigenvalue weighted by molar-refractivity contribution is -0.117. The quantitative estimate of drug-likeness (QED) is 0.346. The van der Waals surface area contributed by atoms with Crippen LogP contribution in [0.15, 0.2) is 0 Å². The third-order valence-electron chi connectivity index (χ3n) is 9.52. The van der Waals surface area contributed by atoms with Gasteiger partial charge < -0.3 is 9.22 Å². The van der Waals surface area contributed by atoms with Crippen LogP contribution in [0, 0.1) is 23.2 Å². The van der Waals surface area contributed by atoms with Gasteiger partial charge in [0.1, 0.15) is 5.78 Å². The standard InChI is InChI=1S/C26H52O2Si2/c1-19(14-17-24(20(2)27)29(7,8)9)21-15-16-22-23(13-12-18-26(21,22)6)28-30(10,11)25(3,4)5/h19,21-24H,12-18H2,1-11H3/t19-,21?,22?,23+,24?,26-/m1/s1. The second-order valence-electron chi connectivity index (χ2n) is 13.7. The molecule has 2 saturated carbocycles. The Balaban J connectivity index is 2.10. The molecule has 2 nitrogen and oxygen atoms in total. The van der Waals surface area contributed by atoms with E-state index in [1.54, 1.807) is 0 Å². The molecule has 0 bridgehead atoms. The second-order valence-corrected chi connectivity index (χ2v) is 23.9. The minimum atomic E-state index is -1.73. The highest BCUT2D eigenvalue weighted by Gasteiger charge is 2.54. The Kier molecular flexibility index (Phi) is 8.01. The van der Waals surface area contributed by atoms with E-state index < -0.39 is 16.4 Å². The van der Waals surface area contributed by atoms with Gasteiger partial charge in [0.2, 0.25) is 0 Å². The van der Waals surface area contributed by atoms with Gasteiger partial charge in [-0.1, -0.05) is 67.1 Å². The molecule has 176 valence electrons. The van der Waals surface area contributed by atoms with Crippen molar-refractivity contribution in [3.63, 3.8) is 0 Å². The van der Waals surface area contributed by atoms with Crippen LogP contribution in [-0.2, 0) is 9.22 Å². The van der Waals surface area contributed by atoms with Crippen molar-refractivity contribution in [3.05, 3.63) is 0 Å². The molecule has 0 spiro atoms. The minimum absolute atomic E-state index is 0.282. The Labute approximate surface area is 190 Å². The fourth-order valence-electron chi connectivity index (χ4n) is 6.67. The summed E-state index contributed by atoms with van der Waals surface area (Å²) in [5, 5.41) is 0.282. The Morgan fingerprint density at radius 3 is 2.17 bits per heavy atom. The highest BCUT2D eigenvalue weighted by Crippen LogP contribution is 2.59. The third-order valence-corrected chi connectivity index (χ3v) is 16.8. The summed E-state index contributed by atoms with van der Waals surface area (Å²) in [6.07, 6.45) is 9.44. The number of rotatable bonds is 8. The highest BCUT2D eigenvalue weighted by molar-refractivity contribution is 6.80. The first-order chi connectivity index (χ1) is 13.5. The molecule has 0 heterocycles. The van der Waals surface area contributed by atoms with Gasteiger partial charge in [-0.25, -0.2) is 0 Å². The summed E-state index contributed by atoms with van der Waals surface area (Å²) in [6, 6.07) is 0. The van der Waals surface area contributed by atoms with E-state index in [1.165, 1.54) is 38.5 Å². The Bertz CT molecular complexity index is 601. The van der Waals surface area contributed by atoms with Gasteiger partial charge in [0.05, 0.1) is 8.07 Å². The molecule has 0 aromatic heterocycles. The van der Waals surface area contributed by atoms with Gasteiger partial charge in [-0.05, 0) is 80.3 Å². The van der Waals surface area contributed by atoms with Crippen molar-refractivity contribution in [3.8, 4) is 0 Å². The number of ketones is 1. The molecule has 2 aliphatic rings. The van der Waals surface area contributed by atoms with Crippen LogP contribution in [0.4, 0.5) is 0 Å². The van der Waals surface area contributed by atoms with Crippen molar-refractivity contribution in [1.29, 1.82) is 0 Å². The molecule has 0 aliphatic heterocycles. The SMILES string of the molecule is CC(=O)C(CC[C@@H](C)C1CCC2[C@@H](O[Si](C)(C)C(C)(C)C)CCC[C@]12C)[Si](C)(C)C. The predicted octanol–water partition coefficient (Wildman–Crippen LogP) is 8.31. The van der Waals surface area contributed by atoms with Crippen LogP contribution < -0.4 is 0 Å². The second kappa shape index (κ2) is 9.13. The van der Waals surface area contributed by atoms with Crippen molar-refractivity contribution in [2.75, 3.05) is 0 Å². The Hall–Kier alpha value is 0.0638. The number of Topliss-reactive ketones (excluding diaryl/α,β-unsaturated/α-hetero) is 1. The molecule has 0 radical (unpaired) electrons. The summed E-state index contributed by atoms with van der Waals surface area (Å²) in [5.74, 6) is 2.66. The van der Waals surface area contributed by atoms with Crippen molar-refractivity contribution in [1.82, 2.24) is 0 Å². The van der Waals surface area contributed by atoms with E-state index >= 15 is 0 Å². The molecule has 4 heteroatoms. The van der Waals surface area contributed by atoms with E-state index in [4.69, 9.17) is 4.43 Å². The maximum atomic E-state index is 12.3. The van der Waals surface area contributed by atoms with Gasteiger partial charge in [0.15, 0.2) is 8.32 Å². The van der Waals surface area contributed by atoms with E-state index in [9.17, 15) is 4.79 Å². The smallest absolute Gasteiger partial charge is 0.192 e. The molecule has 30 heavy (non-hydrogen) atoms. The van der Waals surface area contributed by atoms with Crippen molar-refractivity contribution < 1.29 is 9.22 Å². The summed E-state index contributed by atoms with van der Waals surface area (Å²) in [4.78, 5) is 12.3. The molecule has 2 aliphatic carbocycles. The molecule has 3 unspecified atom stereocenters. The first kappa shape index (κ1) is 26.3. The lowest BCUT2D eigenvalue weighted by Gasteiger charge is -2.50. The zero-order valence-electron chi connectivity index (χ0n) is 22.2. The first-order valence-corrected chi connectivity index (χ1v) is 19.2. The van der Waals surface area contributed by atoms with Gasteiger partial charge in [-0.15, -0.1) is 0 Å². The fraction of sp³-hybridized carbons (Fsp3) is 0.962. The maximum Gasteiger partial charge on any atom is 0.192 e. The van der Waals surface area contributed by atoms with E-state index in [2.05, 4.69) is 67.4 Å². The van der Waals surface area contributed by atoms with Crippen molar-refractivity contribution in [2.24, 2.45) is 23.2 Å². The highest BCUT2D eigenvalue weighted by atomic mass is 28.4. The Morgan fingerprint density at radius 2 is 1.67 bits per heavy atom. The van der Waals surface area contributed by atoms with Gasteiger partial charge in [-0.3, -0.25) is 0 Å². The van der Waals surface area contributed by atoms with Crippen molar-refractivity contribution in [2.45, 2.75) is 136 Å². The van der Waals surface area contributed by atoms with Crippen LogP contribution in [-0.4, -0.2) is 28.3 Å². The lowest BCUT2D eigenvalue weighted by Crippen LogP contribution is -2.50. The summed E-state index contributed by atoms with van der Waals surface area (Å²) < 4.78 is 7.02. The van der Waals surface area contributed by atoms with Crippen LogP contribution in [0.3, 0.4) is 0 Å². The minimum Gasteiger partial charge on any atom is -0.414 e. The molecule has 2 fully saturated rings. The largest absolute Gasteiger partial charge is 0.414 e. The number of hydrogen-bond acceptors (Lipinski definition) is 2. The zero-order valence-corrected chi connectivity index (χ0v) is 24.2. The van der Waals surface area contributed by atoms with Crippen LogP contribution in [0.1, 0.15) is 86.5 Å². The van der Waals surface area contributed by atoms with Crippen molar-refractivity contribution >= 4 is 22.2 Å². The molecular formula is C26H52O2Si2. The summed E-state index contributed by atoms with van der Waals surface area (Å²) in [5.41, 5.74) is 0.751. The van der Waals surface area contributed by atoms with Gasteiger partial charge >= 0.3 is 0 Å². The normalized spacial score (nSPS) is 32.6. The molecule has 6 atom stereocenters. The lowest BCUT2D eigenvalue weighted by atomic mass is 9.61. The van der Waals surface area contributed by atoms with Gasteiger partial charge in [0.25, 0.3) is 0 Å². The predicted molar refractivity (Wildman–Crippen MR) is 136 cm³/mol. The van der Waals surface area contributed by atoms with Crippen LogP contribution in [0.2, 0.25) is 43.3 Å². The number of carbonyl (C=O) groups is 1. The molecule has 0 aromatic carbocycles. The monoisotopic (exact) mass is 452 g/mol. The molecular weight excluding hydrogens is 400 g/mol. The summed E-state index contributed by atoms with van der Waals surface area (Å²) in [7, 11) is -3.16. The fourth-order valence-corrected chi connectivity index (χ4v) is 10.3. The summed E-state index contributed by atoms with van der Waals surface area (Å²) >= 11 is 0. The Morgan fingerprint density at radius 1 is 1.07 bits per heavy atom. The molecule has 0 aromatic rings. The zero-order chi connectivity index (χ0) is 23.1. The molecule has 0 saturated heterocycles. The van der Waals surface area contributed by atoms with Crippen LogP contribution in [0.5, 0.6) is 0 Å². The molecule has 0 amide bonds. The third kappa shape index (κ3) is 5.51. The number of fused-ring (bicyclic) bond motifs is 1. The van der Waals surface area contributed by atoms with E-state index in [0.29, 0.717) is 28.8 Å². The number of carbonyl (C=O) groups excluding carboxylic acids is 1. The molecule has 0 N–H and O–H groups in total. The average molecular weight is 453 g/mol. The van der Waals surface area contributed by atoms with Crippen LogP contribution >= 0.6 is 0 Å². The summed E-state index contributed by atoms with van der Waals surface area (Å²) in [6.45, 7) is 25.9. The van der Waals surface area contributed by atoms with Crippen LogP contribution in [0.25, 0.3) is 0 Å². The van der Waals surface area contributed by atoms with Gasteiger partial charge in [-0.2, -0.15) is 0 Å². The average Bonchev–Trinajstić information content (AvgIpc) is 2.90. The molecule has 2 rings (SSSR count). The maximum absolute atomic E-state index is 12.3. The van der Waals surface area contributed by atoms with E-state index in [1.807, 2.05) is 6.92 Å². The first-order valence-electron chi connectivity index (χ1n) is 12.7. The van der Waals surface area contributed by atoms with Gasteiger partial charge in [0, 0.05) is 11.6 Å².